The lowest BCUT2D eigenvalue weighted by Crippen LogP contribution is -2.67. The molecule has 3 nitrogen and oxygen atoms in total. The van der Waals surface area contributed by atoms with Crippen molar-refractivity contribution in [3.05, 3.63) is 35.9 Å². The average Bonchev–Trinajstić information content (AvgIpc) is 2.33. The molecule has 4 heteroatoms. The molecule has 0 spiro atoms. The fraction of sp³-hybridized carbons (Fsp3) is 0.600. The quantitative estimate of drug-likeness (QED) is 0.617. The molecule has 1 aromatic rings. The van der Waals surface area contributed by atoms with Crippen molar-refractivity contribution in [2.75, 3.05) is 7.11 Å². The van der Waals surface area contributed by atoms with Gasteiger partial charge in [0, 0.05) is 7.11 Å². The Labute approximate surface area is 117 Å². The fourth-order valence-corrected chi connectivity index (χ4v) is 3.78. The molecule has 19 heavy (non-hydrogen) atoms. The highest BCUT2D eigenvalue weighted by Gasteiger charge is 2.65. The van der Waals surface area contributed by atoms with Gasteiger partial charge in [-0.2, -0.15) is 0 Å². The number of benzene rings is 1. The lowest BCUT2D eigenvalue weighted by Gasteiger charge is -2.60. The summed E-state index contributed by atoms with van der Waals surface area (Å²) in [4.78, 5) is 0. The minimum absolute atomic E-state index is 0.00463. The summed E-state index contributed by atoms with van der Waals surface area (Å²) < 4.78 is 17.8. The zero-order valence-electron chi connectivity index (χ0n) is 12.7. The molecular formula is C15H24O3Si. The molecule has 1 aliphatic heterocycles. The molecule has 0 aromatic heterocycles. The zero-order valence-corrected chi connectivity index (χ0v) is 13.7. The highest BCUT2D eigenvalue weighted by molar-refractivity contribution is 6.69. The summed E-state index contributed by atoms with van der Waals surface area (Å²) in [5.41, 5.74) is 0.947. The number of ether oxygens (including phenoxy) is 2. The van der Waals surface area contributed by atoms with E-state index in [1.54, 1.807) is 7.11 Å². The maximum Gasteiger partial charge on any atom is 0.282 e. The summed E-state index contributed by atoms with van der Waals surface area (Å²) >= 11 is 0. The molecule has 0 radical (unpaired) electrons. The van der Waals surface area contributed by atoms with Gasteiger partial charge in [0.05, 0.1) is 5.41 Å². The van der Waals surface area contributed by atoms with E-state index in [4.69, 9.17) is 13.9 Å². The molecule has 2 atom stereocenters. The van der Waals surface area contributed by atoms with Crippen LogP contribution in [0.25, 0.3) is 0 Å². The molecule has 0 unspecified atom stereocenters. The maximum absolute atomic E-state index is 6.17. The van der Waals surface area contributed by atoms with Crippen LogP contribution in [0.2, 0.25) is 19.6 Å². The van der Waals surface area contributed by atoms with Crippen molar-refractivity contribution >= 4 is 8.32 Å². The summed E-state index contributed by atoms with van der Waals surface area (Å²) in [6, 6.07) is 10.2. The number of hydrogen-bond acceptors (Lipinski definition) is 3. The van der Waals surface area contributed by atoms with E-state index < -0.39 is 14.3 Å². The minimum Gasteiger partial charge on any atom is -0.369 e. The third-order valence-corrected chi connectivity index (χ3v) is 4.41. The maximum atomic E-state index is 6.17. The summed E-state index contributed by atoms with van der Waals surface area (Å²) in [6.45, 7) is 10.7. The van der Waals surface area contributed by atoms with Crippen LogP contribution in [0.5, 0.6) is 0 Å². The molecule has 0 saturated carbocycles. The highest BCUT2D eigenvalue weighted by atomic mass is 28.4. The van der Waals surface area contributed by atoms with Crippen molar-refractivity contribution in [2.45, 2.75) is 45.6 Å². The molecule has 0 aliphatic carbocycles. The summed E-state index contributed by atoms with van der Waals surface area (Å²) in [7, 11) is -0.0968. The number of methoxy groups -OCH3 is 1. The lowest BCUT2D eigenvalue weighted by molar-refractivity contribution is -0.499. The molecule has 0 amide bonds. The predicted octanol–water partition coefficient (Wildman–Crippen LogP) is 3.94. The Kier molecular flexibility index (Phi) is 3.64. The molecule has 0 bridgehead atoms. The molecule has 1 aliphatic rings. The second kappa shape index (κ2) is 4.70. The van der Waals surface area contributed by atoms with Crippen LogP contribution < -0.4 is 0 Å². The van der Waals surface area contributed by atoms with Crippen molar-refractivity contribution < 1.29 is 13.9 Å². The van der Waals surface area contributed by atoms with Gasteiger partial charge >= 0.3 is 0 Å². The van der Waals surface area contributed by atoms with Crippen molar-refractivity contribution in [3.63, 3.8) is 0 Å². The number of rotatable bonds is 4. The zero-order chi connectivity index (χ0) is 14.3. The van der Waals surface area contributed by atoms with E-state index >= 15 is 0 Å². The Balaban J connectivity index is 2.24. The average molecular weight is 280 g/mol. The summed E-state index contributed by atoms with van der Waals surface area (Å²) in [6.07, 6.45) is 0.00463. The van der Waals surface area contributed by atoms with E-state index in [-0.39, 0.29) is 11.5 Å². The van der Waals surface area contributed by atoms with Crippen LogP contribution in [-0.2, 0) is 13.9 Å². The Morgan fingerprint density at radius 1 is 1.11 bits per heavy atom. The first-order chi connectivity index (χ1) is 8.72. The van der Waals surface area contributed by atoms with E-state index in [0.717, 1.165) is 0 Å². The van der Waals surface area contributed by atoms with Crippen LogP contribution in [0.15, 0.2) is 30.3 Å². The summed E-state index contributed by atoms with van der Waals surface area (Å²) in [5, 5.41) is 0. The van der Waals surface area contributed by atoms with Gasteiger partial charge in [-0.25, -0.2) is 0 Å². The Bertz CT molecular complexity index is 438. The Morgan fingerprint density at radius 2 is 1.68 bits per heavy atom. The molecule has 0 N–H and O–H groups in total. The van der Waals surface area contributed by atoms with Crippen molar-refractivity contribution in [1.29, 1.82) is 0 Å². The molecule has 1 aromatic carbocycles. The topological polar surface area (TPSA) is 27.7 Å². The van der Waals surface area contributed by atoms with E-state index in [2.05, 4.69) is 45.6 Å². The van der Waals surface area contributed by atoms with E-state index in [0.29, 0.717) is 0 Å². The number of hydrogen-bond donors (Lipinski definition) is 0. The van der Waals surface area contributed by atoms with Gasteiger partial charge < -0.3 is 13.9 Å². The lowest BCUT2D eigenvalue weighted by atomic mass is 9.75. The fourth-order valence-electron chi connectivity index (χ4n) is 2.58. The van der Waals surface area contributed by atoms with Gasteiger partial charge in [0.2, 0.25) is 0 Å². The van der Waals surface area contributed by atoms with Crippen LogP contribution in [0, 0.1) is 5.41 Å². The molecule has 106 valence electrons. The van der Waals surface area contributed by atoms with Gasteiger partial charge in [0.1, 0.15) is 6.10 Å². The predicted molar refractivity (Wildman–Crippen MR) is 78.2 cm³/mol. The van der Waals surface area contributed by atoms with Gasteiger partial charge in [-0.05, 0) is 39.1 Å². The molecule has 1 heterocycles. The van der Waals surface area contributed by atoms with Crippen LogP contribution in [0.1, 0.15) is 25.5 Å². The van der Waals surface area contributed by atoms with Gasteiger partial charge in [-0.15, -0.1) is 0 Å². The summed E-state index contributed by atoms with van der Waals surface area (Å²) in [5.74, 6) is -0.919. The first kappa shape index (κ1) is 14.7. The van der Waals surface area contributed by atoms with E-state index in [1.165, 1.54) is 5.56 Å². The standard InChI is InChI=1S/C15H24O3Si/c1-14(2)13(12-10-8-7-9-11-12)17-15(14,16-3)18-19(4,5)6/h7-11,13H,1-6H3/t13-,15-/m1/s1. The van der Waals surface area contributed by atoms with Crippen molar-refractivity contribution in [2.24, 2.45) is 5.41 Å². The first-order valence-electron chi connectivity index (χ1n) is 6.70. The van der Waals surface area contributed by atoms with Crippen LogP contribution in [0.4, 0.5) is 0 Å². The van der Waals surface area contributed by atoms with Crippen molar-refractivity contribution in [1.82, 2.24) is 0 Å². The third kappa shape index (κ3) is 2.50. The monoisotopic (exact) mass is 280 g/mol. The van der Waals surface area contributed by atoms with E-state index in [1.807, 2.05) is 18.2 Å². The minimum atomic E-state index is -1.75. The second-order valence-corrected chi connectivity index (χ2v) is 11.0. The van der Waals surface area contributed by atoms with Crippen molar-refractivity contribution in [3.8, 4) is 0 Å². The SMILES string of the molecule is CO[C@@]1(O[Si](C)(C)C)O[C@H](c2ccccc2)C1(C)C. The first-order valence-corrected chi connectivity index (χ1v) is 10.1. The van der Waals surface area contributed by atoms with Crippen LogP contribution in [0.3, 0.4) is 0 Å². The smallest absolute Gasteiger partial charge is 0.282 e. The molecule has 1 fully saturated rings. The normalized spacial score (nSPS) is 29.9. The third-order valence-electron chi connectivity index (χ3n) is 3.53. The second-order valence-electron chi connectivity index (χ2n) is 6.61. The van der Waals surface area contributed by atoms with Crippen LogP contribution >= 0.6 is 0 Å². The van der Waals surface area contributed by atoms with Crippen LogP contribution in [-0.4, -0.2) is 21.4 Å². The largest absolute Gasteiger partial charge is 0.369 e. The highest BCUT2D eigenvalue weighted by Crippen LogP contribution is 2.59. The Hall–Kier alpha value is -0.683. The Morgan fingerprint density at radius 3 is 2.11 bits per heavy atom. The molecule has 2 rings (SSSR count). The van der Waals surface area contributed by atoms with Gasteiger partial charge in [-0.1, -0.05) is 30.3 Å². The molecule has 1 saturated heterocycles. The van der Waals surface area contributed by atoms with Gasteiger partial charge in [0.25, 0.3) is 5.97 Å². The molecular weight excluding hydrogens is 256 g/mol. The van der Waals surface area contributed by atoms with E-state index in [9.17, 15) is 0 Å². The van der Waals surface area contributed by atoms with Gasteiger partial charge in [-0.3, -0.25) is 0 Å². The van der Waals surface area contributed by atoms with Gasteiger partial charge in [0.15, 0.2) is 8.32 Å².